The zero-order valence-corrected chi connectivity index (χ0v) is 15.8. The Bertz CT molecular complexity index is 821. The summed E-state index contributed by atoms with van der Waals surface area (Å²) in [6, 6.07) is 7.00. The Morgan fingerprint density at radius 2 is 1.74 bits per heavy atom. The molecule has 0 atom stereocenters. The third-order valence-electron chi connectivity index (χ3n) is 5.20. The van der Waals surface area contributed by atoms with Gasteiger partial charge in [0.15, 0.2) is 0 Å². The van der Waals surface area contributed by atoms with Gasteiger partial charge in [0.05, 0.1) is 17.5 Å². The number of carbonyl (C=O) groups excluding carboxylic acids is 1. The molecule has 0 spiro atoms. The molecule has 1 saturated carbocycles. The fourth-order valence-electron chi connectivity index (χ4n) is 3.64. The lowest BCUT2D eigenvalue weighted by Gasteiger charge is -2.34. The smallest absolute Gasteiger partial charge is 0.243 e. The van der Waals surface area contributed by atoms with Crippen LogP contribution in [0.1, 0.15) is 25.7 Å². The highest BCUT2D eigenvalue weighted by molar-refractivity contribution is 7.89. The van der Waals surface area contributed by atoms with E-state index in [1.807, 2.05) is 4.90 Å². The maximum Gasteiger partial charge on any atom is 0.243 e. The van der Waals surface area contributed by atoms with Crippen LogP contribution in [0.5, 0.6) is 0 Å². The molecule has 0 radical (unpaired) electrons. The minimum absolute atomic E-state index is 0.0623. The third kappa shape index (κ3) is 4.46. The molecule has 2 aliphatic rings. The second-order valence-electron chi connectivity index (χ2n) is 7.08. The molecule has 1 heterocycles. The van der Waals surface area contributed by atoms with E-state index >= 15 is 0 Å². The molecule has 1 saturated heterocycles. The van der Waals surface area contributed by atoms with Crippen molar-refractivity contribution >= 4 is 15.9 Å². The number of rotatable bonds is 5. The normalized spacial score (nSPS) is 20.9. The number of carbonyl (C=O) groups is 1. The van der Waals surface area contributed by atoms with E-state index in [1.165, 1.54) is 16.4 Å². The van der Waals surface area contributed by atoms with Gasteiger partial charge in [-0.3, -0.25) is 9.69 Å². The maximum absolute atomic E-state index is 13.0. The van der Waals surface area contributed by atoms with Crippen LogP contribution >= 0.6 is 0 Å². The number of benzene rings is 1. The van der Waals surface area contributed by atoms with Crippen LogP contribution in [0.25, 0.3) is 0 Å². The maximum atomic E-state index is 13.0. The number of sulfonamides is 1. The number of nitriles is 1. The SMILES string of the molecule is N#CC1(NC(=O)CN2CCN(S(=O)(=O)c3ccc(F)cc3)CC2)CCCC1. The second kappa shape index (κ2) is 7.92. The third-order valence-corrected chi connectivity index (χ3v) is 7.11. The summed E-state index contributed by atoms with van der Waals surface area (Å²) in [5.41, 5.74) is -0.745. The molecule has 7 nitrogen and oxygen atoms in total. The summed E-state index contributed by atoms with van der Waals surface area (Å²) in [5.74, 6) is -0.685. The van der Waals surface area contributed by atoms with Crippen molar-refractivity contribution in [1.82, 2.24) is 14.5 Å². The summed E-state index contributed by atoms with van der Waals surface area (Å²) in [6.45, 7) is 1.52. The lowest BCUT2D eigenvalue weighted by atomic mass is 10.00. The highest BCUT2D eigenvalue weighted by atomic mass is 32.2. The van der Waals surface area contributed by atoms with E-state index in [4.69, 9.17) is 0 Å². The molecule has 1 N–H and O–H groups in total. The number of hydrogen-bond acceptors (Lipinski definition) is 5. The zero-order valence-electron chi connectivity index (χ0n) is 15.0. The monoisotopic (exact) mass is 394 g/mol. The van der Waals surface area contributed by atoms with Gasteiger partial charge in [-0.25, -0.2) is 12.8 Å². The Labute approximate surface area is 158 Å². The minimum atomic E-state index is -3.67. The van der Waals surface area contributed by atoms with Crippen LogP contribution in [0.15, 0.2) is 29.2 Å². The molecule has 0 aromatic heterocycles. The molecule has 3 rings (SSSR count). The van der Waals surface area contributed by atoms with Crippen LogP contribution in [0.4, 0.5) is 4.39 Å². The number of nitrogens with one attached hydrogen (secondary N) is 1. The van der Waals surface area contributed by atoms with Crippen LogP contribution in [-0.4, -0.2) is 61.8 Å². The standard InChI is InChI=1S/C18H23FN4O3S/c19-15-3-5-16(6-4-15)27(25,26)23-11-9-22(10-12-23)13-17(24)21-18(14-20)7-1-2-8-18/h3-6H,1-2,7-13H2,(H,21,24). The number of halogens is 1. The van der Waals surface area contributed by atoms with Crippen molar-refractivity contribution in [3.05, 3.63) is 30.1 Å². The minimum Gasteiger partial charge on any atom is -0.337 e. The quantitative estimate of drug-likeness (QED) is 0.807. The van der Waals surface area contributed by atoms with E-state index in [2.05, 4.69) is 11.4 Å². The zero-order chi connectivity index (χ0) is 19.5. The van der Waals surface area contributed by atoms with Crippen LogP contribution in [0, 0.1) is 17.1 Å². The highest BCUT2D eigenvalue weighted by Gasteiger charge is 2.36. The molecule has 146 valence electrons. The molecule has 1 aromatic carbocycles. The van der Waals surface area contributed by atoms with Gasteiger partial charge in [-0.15, -0.1) is 0 Å². The summed E-state index contributed by atoms with van der Waals surface area (Å²) < 4.78 is 39.6. The van der Waals surface area contributed by atoms with Crippen molar-refractivity contribution in [1.29, 1.82) is 5.26 Å². The summed E-state index contributed by atoms with van der Waals surface area (Å²) in [7, 11) is -3.67. The molecular formula is C18H23FN4O3S. The number of hydrogen-bond donors (Lipinski definition) is 1. The Morgan fingerprint density at radius 3 is 2.30 bits per heavy atom. The topological polar surface area (TPSA) is 93.5 Å². The van der Waals surface area contributed by atoms with E-state index in [-0.39, 0.29) is 30.4 Å². The molecule has 2 fully saturated rings. The number of piperazine rings is 1. The first-order valence-corrected chi connectivity index (χ1v) is 10.5. The van der Waals surface area contributed by atoms with Gasteiger partial charge < -0.3 is 5.32 Å². The molecular weight excluding hydrogens is 371 g/mol. The van der Waals surface area contributed by atoms with Crippen molar-refractivity contribution in [3.63, 3.8) is 0 Å². The first kappa shape index (κ1) is 19.7. The van der Waals surface area contributed by atoms with E-state index in [0.29, 0.717) is 25.9 Å². The predicted molar refractivity (Wildman–Crippen MR) is 96.6 cm³/mol. The Hall–Kier alpha value is -2.02. The molecule has 0 unspecified atom stereocenters. The van der Waals surface area contributed by atoms with Crippen LogP contribution < -0.4 is 5.32 Å². The fourth-order valence-corrected chi connectivity index (χ4v) is 5.06. The van der Waals surface area contributed by atoms with E-state index in [9.17, 15) is 22.9 Å². The predicted octanol–water partition coefficient (Wildman–Crippen LogP) is 1.08. The van der Waals surface area contributed by atoms with Gasteiger partial charge in [0.2, 0.25) is 15.9 Å². The first-order chi connectivity index (χ1) is 12.8. The Morgan fingerprint density at radius 1 is 1.15 bits per heavy atom. The first-order valence-electron chi connectivity index (χ1n) is 9.05. The van der Waals surface area contributed by atoms with Crippen LogP contribution in [0.3, 0.4) is 0 Å². The molecule has 9 heteroatoms. The number of amides is 1. The van der Waals surface area contributed by atoms with Gasteiger partial charge in [0.25, 0.3) is 0 Å². The van der Waals surface area contributed by atoms with Crippen molar-refractivity contribution in [2.45, 2.75) is 36.1 Å². The van der Waals surface area contributed by atoms with Gasteiger partial charge >= 0.3 is 0 Å². The van der Waals surface area contributed by atoms with Crippen molar-refractivity contribution < 1.29 is 17.6 Å². The van der Waals surface area contributed by atoms with Gasteiger partial charge in [0, 0.05) is 26.2 Å². The summed E-state index contributed by atoms with van der Waals surface area (Å²) >= 11 is 0. The van der Waals surface area contributed by atoms with Gasteiger partial charge in [-0.05, 0) is 49.9 Å². The summed E-state index contributed by atoms with van der Waals surface area (Å²) in [5, 5.41) is 12.2. The van der Waals surface area contributed by atoms with E-state index in [1.54, 1.807) is 0 Å². The average molecular weight is 394 g/mol. The fraction of sp³-hybridized carbons (Fsp3) is 0.556. The van der Waals surface area contributed by atoms with Crippen LogP contribution in [0.2, 0.25) is 0 Å². The van der Waals surface area contributed by atoms with Crippen LogP contribution in [-0.2, 0) is 14.8 Å². The van der Waals surface area contributed by atoms with Crippen molar-refractivity contribution in [3.8, 4) is 6.07 Å². The molecule has 1 aromatic rings. The summed E-state index contributed by atoms with van der Waals surface area (Å²) in [4.78, 5) is 14.2. The van der Waals surface area contributed by atoms with Crippen molar-refractivity contribution in [2.75, 3.05) is 32.7 Å². The largest absolute Gasteiger partial charge is 0.337 e. The van der Waals surface area contributed by atoms with Gasteiger partial charge in [0.1, 0.15) is 11.4 Å². The van der Waals surface area contributed by atoms with Gasteiger partial charge in [-0.1, -0.05) is 0 Å². The van der Waals surface area contributed by atoms with E-state index in [0.717, 1.165) is 25.0 Å². The molecule has 1 amide bonds. The number of nitrogens with zero attached hydrogens (tertiary/aromatic N) is 3. The van der Waals surface area contributed by atoms with E-state index < -0.39 is 21.4 Å². The lowest BCUT2D eigenvalue weighted by molar-refractivity contribution is -0.123. The second-order valence-corrected chi connectivity index (χ2v) is 9.02. The Balaban J connectivity index is 1.53. The van der Waals surface area contributed by atoms with Gasteiger partial charge in [-0.2, -0.15) is 9.57 Å². The molecule has 1 aliphatic carbocycles. The lowest BCUT2D eigenvalue weighted by Crippen LogP contribution is -2.53. The molecule has 1 aliphatic heterocycles. The Kier molecular flexibility index (Phi) is 5.79. The summed E-state index contributed by atoms with van der Waals surface area (Å²) in [6.07, 6.45) is 3.24. The molecule has 27 heavy (non-hydrogen) atoms. The van der Waals surface area contributed by atoms with Crippen molar-refractivity contribution in [2.24, 2.45) is 0 Å². The highest BCUT2D eigenvalue weighted by Crippen LogP contribution is 2.28. The average Bonchev–Trinajstić information content (AvgIpc) is 3.11. The molecule has 0 bridgehead atoms.